The lowest BCUT2D eigenvalue weighted by molar-refractivity contribution is 0.0854. The number of nitrogens with one attached hydrogen (secondary N) is 2. The fourth-order valence-corrected chi connectivity index (χ4v) is 5.10. The summed E-state index contributed by atoms with van der Waals surface area (Å²) in [5.74, 6) is 0.300. The predicted octanol–water partition coefficient (Wildman–Crippen LogP) is 2.87. The second-order valence-electron chi connectivity index (χ2n) is 9.71. The molecule has 0 spiro atoms. The molecule has 1 aromatic heterocycles. The zero-order valence-corrected chi connectivity index (χ0v) is 20.5. The smallest absolute Gasteiger partial charge is 0.253 e. The number of aryl methyl sites for hydroxylation is 2. The summed E-state index contributed by atoms with van der Waals surface area (Å²) in [5, 5.41) is 3.01. The lowest BCUT2D eigenvalue weighted by Crippen LogP contribution is -2.42. The van der Waals surface area contributed by atoms with E-state index in [-0.39, 0.29) is 18.0 Å². The quantitative estimate of drug-likeness (QED) is 0.705. The number of pyridine rings is 1. The van der Waals surface area contributed by atoms with Crippen molar-refractivity contribution < 1.29 is 9.53 Å². The van der Waals surface area contributed by atoms with E-state index in [0.717, 1.165) is 61.7 Å². The van der Waals surface area contributed by atoms with E-state index in [1.807, 2.05) is 26.8 Å². The van der Waals surface area contributed by atoms with Crippen molar-refractivity contribution in [2.45, 2.75) is 52.1 Å². The van der Waals surface area contributed by atoms with Crippen LogP contribution in [0.4, 0.5) is 5.69 Å². The molecule has 2 aromatic rings. The van der Waals surface area contributed by atoms with E-state index in [2.05, 4.69) is 46.3 Å². The number of ether oxygens (including phenoxy) is 1. The van der Waals surface area contributed by atoms with Crippen LogP contribution >= 0.6 is 0 Å². The number of carbonyl (C=O) groups is 1. The normalized spacial score (nSPS) is 17.6. The highest BCUT2D eigenvalue weighted by molar-refractivity contribution is 5.97. The molecule has 0 aliphatic carbocycles. The third-order valence-corrected chi connectivity index (χ3v) is 7.22. The van der Waals surface area contributed by atoms with Gasteiger partial charge in [-0.1, -0.05) is 0 Å². The van der Waals surface area contributed by atoms with Gasteiger partial charge >= 0.3 is 0 Å². The summed E-state index contributed by atoms with van der Waals surface area (Å²) in [7, 11) is 4.25. The summed E-state index contributed by atoms with van der Waals surface area (Å²) in [6.07, 6.45) is 1.98. The molecule has 4 rings (SSSR count). The Balaban J connectivity index is 1.62. The Morgan fingerprint density at radius 2 is 1.88 bits per heavy atom. The van der Waals surface area contributed by atoms with Gasteiger partial charge in [0, 0.05) is 74.4 Å². The Bertz CT molecular complexity index is 1080. The van der Waals surface area contributed by atoms with Crippen LogP contribution in [0.25, 0.3) is 0 Å². The first kappa shape index (κ1) is 23.5. The topological polar surface area (TPSA) is 77.7 Å². The van der Waals surface area contributed by atoms with Gasteiger partial charge < -0.3 is 24.8 Å². The van der Waals surface area contributed by atoms with Crippen molar-refractivity contribution in [3.05, 3.63) is 62.1 Å². The fourth-order valence-electron chi connectivity index (χ4n) is 5.10. The summed E-state index contributed by atoms with van der Waals surface area (Å²) in [6, 6.07) is 6.66. The molecule has 0 saturated carbocycles. The zero-order chi connectivity index (χ0) is 23.7. The Morgan fingerprint density at radius 1 is 1.18 bits per heavy atom. The number of likely N-dealkylation sites (tertiary alicyclic amines) is 1. The van der Waals surface area contributed by atoms with E-state index in [4.69, 9.17) is 4.74 Å². The van der Waals surface area contributed by atoms with Crippen LogP contribution in [0, 0.1) is 20.8 Å². The number of aromatic nitrogens is 1. The SMILES string of the molecule is Cc1cc(C)c(CNC(=O)c2cc(C3CN(C)C3)cc(N(C)C3CCOCC3)c2C)c(=O)[nH]1. The summed E-state index contributed by atoms with van der Waals surface area (Å²) in [6.45, 7) is 9.56. The maximum Gasteiger partial charge on any atom is 0.253 e. The third-order valence-electron chi connectivity index (χ3n) is 7.22. The molecule has 2 aliphatic heterocycles. The molecule has 2 fully saturated rings. The Kier molecular flexibility index (Phi) is 6.91. The standard InChI is InChI=1S/C26H36N4O3/c1-16-10-17(2)28-26(32)23(16)13-27-25(31)22-11-19(20-14-29(4)15-20)12-24(18(22)3)30(5)21-6-8-33-9-7-21/h10-12,20-21H,6-9,13-15H2,1-5H3,(H,27,31)(H,28,32). The Labute approximate surface area is 196 Å². The molecule has 1 amide bonds. The van der Waals surface area contributed by atoms with Gasteiger partial charge in [0.1, 0.15) is 0 Å². The van der Waals surface area contributed by atoms with Crippen molar-refractivity contribution >= 4 is 11.6 Å². The van der Waals surface area contributed by atoms with Crippen molar-refractivity contribution in [3.8, 4) is 0 Å². The van der Waals surface area contributed by atoms with E-state index in [9.17, 15) is 9.59 Å². The lowest BCUT2D eigenvalue weighted by Gasteiger charge is -2.38. The van der Waals surface area contributed by atoms with Gasteiger partial charge in [0.2, 0.25) is 0 Å². The molecule has 2 saturated heterocycles. The fraction of sp³-hybridized carbons (Fsp3) is 0.538. The molecule has 33 heavy (non-hydrogen) atoms. The Hall–Kier alpha value is -2.64. The third kappa shape index (κ3) is 4.99. The van der Waals surface area contributed by atoms with E-state index < -0.39 is 0 Å². The second-order valence-corrected chi connectivity index (χ2v) is 9.71. The highest BCUT2D eigenvalue weighted by Crippen LogP contribution is 2.34. The molecule has 7 heteroatoms. The number of hydrogen-bond acceptors (Lipinski definition) is 5. The first-order valence-electron chi connectivity index (χ1n) is 11.9. The number of amides is 1. The number of aromatic amines is 1. The minimum absolute atomic E-state index is 0.136. The Morgan fingerprint density at radius 3 is 2.52 bits per heavy atom. The van der Waals surface area contributed by atoms with Gasteiger partial charge in [0.25, 0.3) is 11.5 Å². The highest BCUT2D eigenvalue weighted by atomic mass is 16.5. The average Bonchev–Trinajstić information content (AvgIpc) is 2.76. The molecule has 0 radical (unpaired) electrons. The van der Waals surface area contributed by atoms with Crippen molar-refractivity contribution in [1.29, 1.82) is 0 Å². The molecule has 0 unspecified atom stereocenters. The molecule has 2 aliphatic rings. The van der Waals surface area contributed by atoms with Gasteiger partial charge in [-0.15, -0.1) is 0 Å². The first-order chi connectivity index (χ1) is 15.7. The van der Waals surface area contributed by atoms with Crippen LogP contribution in [0.1, 0.15) is 57.1 Å². The number of benzene rings is 1. The number of nitrogens with zero attached hydrogens (tertiary/aromatic N) is 2. The minimum Gasteiger partial charge on any atom is -0.381 e. The van der Waals surface area contributed by atoms with Gasteiger partial charge in [-0.3, -0.25) is 9.59 Å². The molecule has 0 bridgehead atoms. The van der Waals surface area contributed by atoms with Crippen molar-refractivity contribution in [3.63, 3.8) is 0 Å². The van der Waals surface area contributed by atoms with E-state index >= 15 is 0 Å². The van der Waals surface area contributed by atoms with E-state index in [0.29, 0.717) is 23.1 Å². The molecule has 3 heterocycles. The van der Waals surface area contributed by atoms with Gasteiger partial charge in [-0.05, 0) is 75.5 Å². The van der Waals surface area contributed by atoms with Gasteiger partial charge in [-0.2, -0.15) is 0 Å². The average molecular weight is 453 g/mol. The largest absolute Gasteiger partial charge is 0.381 e. The van der Waals surface area contributed by atoms with E-state index in [1.54, 1.807) is 0 Å². The number of rotatable bonds is 6. The van der Waals surface area contributed by atoms with E-state index in [1.165, 1.54) is 5.56 Å². The van der Waals surface area contributed by atoms with Crippen LogP contribution < -0.4 is 15.8 Å². The molecular formula is C26H36N4O3. The zero-order valence-electron chi connectivity index (χ0n) is 20.5. The van der Waals surface area contributed by atoms with Gasteiger partial charge in [0.05, 0.1) is 0 Å². The van der Waals surface area contributed by atoms with Gasteiger partial charge in [-0.25, -0.2) is 0 Å². The molecule has 7 nitrogen and oxygen atoms in total. The predicted molar refractivity (Wildman–Crippen MR) is 131 cm³/mol. The summed E-state index contributed by atoms with van der Waals surface area (Å²) in [4.78, 5) is 33.2. The number of likely N-dealkylation sites (N-methyl/N-ethyl adjacent to an activating group) is 1. The number of hydrogen-bond donors (Lipinski definition) is 2. The maximum absolute atomic E-state index is 13.4. The first-order valence-corrected chi connectivity index (χ1v) is 11.9. The number of H-pyrrole nitrogens is 1. The maximum atomic E-state index is 13.4. The van der Waals surface area contributed by atoms with Crippen LogP contribution in [0.15, 0.2) is 23.0 Å². The summed E-state index contributed by atoms with van der Waals surface area (Å²) >= 11 is 0. The van der Waals surface area contributed by atoms with Crippen LogP contribution in [-0.4, -0.2) is 62.2 Å². The monoisotopic (exact) mass is 452 g/mol. The van der Waals surface area contributed by atoms with Crippen molar-refractivity contribution in [2.24, 2.45) is 0 Å². The lowest BCUT2D eigenvalue weighted by atomic mass is 9.88. The van der Waals surface area contributed by atoms with Crippen LogP contribution in [0.2, 0.25) is 0 Å². The molecule has 0 atom stereocenters. The second kappa shape index (κ2) is 9.69. The molecule has 1 aromatic carbocycles. The molecule has 2 N–H and O–H groups in total. The molecular weight excluding hydrogens is 416 g/mol. The molecule has 178 valence electrons. The van der Waals surface area contributed by atoms with Gasteiger partial charge in [0.15, 0.2) is 0 Å². The van der Waals surface area contributed by atoms with Crippen LogP contribution in [0.3, 0.4) is 0 Å². The number of carbonyl (C=O) groups excluding carboxylic acids is 1. The van der Waals surface area contributed by atoms with Crippen LogP contribution in [-0.2, 0) is 11.3 Å². The minimum atomic E-state index is -0.143. The van der Waals surface area contributed by atoms with Crippen molar-refractivity contribution in [2.75, 3.05) is 45.3 Å². The van der Waals surface area contributed by atoms with Crippen LogP contribution in [0.5, 0.6) is 0 Å². The highest BCUT2D eigenvalue weighted by Gasteiger charge is 2.29. The number of anilines is 1. The van der Waals surface area contributed by atoms with Crippen molar-refractivity contribution in [1.82, 2.24) is 15.2 Å². The summed E-state index contributed by atoms with van der Waals surface area (Å²) in [5.41, 5.74) is 6.16. The summed E-state index contributed by atoms with van der Waals surface area (Å²) < 4.78 is 5.55.